The van der Waals surface area contributed by atoms with E-state index in [1.54, 1.807) is 41.3 Å². The topological polar surface area (TPSA) is 70.7 Å². The highest BCUT2D eigenvalue weighted by atomic mass is 19.1. The van der Waals surface area contributed by atoms with Crippen LogP contribution in [0, 0.1) is 5.82 Å². The third-order valence-electron chi connectivity index (χ3n) is 5.02. The lowest BCUT2D eigenvalue weighted by Crippen LogP contribution is -2.42. The fourth-order valence-corrected chi connectivity index (χ4v) is 3.35. The number of benzene rings is 2. The van der Waals surface area contributed by atoms with Crippen LogP contribution in [-0.4, -0.2) is 42.9 Å². The minimum Gasteiger partial charge on any atom is -0.457 e. The molecule has 6 nitrogen and oxygen atoms in total. The maximum absolute atomic E-state index is 12.9. The number of ether oxygens (including phenoxy) is 1. The molecule has 154 valence electrons. The number of likely N-dealkylation sites (N-methyl/N-ethyl adjacent to an activating group) is 1. The van der Waals surface area contributed by atoms with Crippen molar-refractivity contribution in [3.8, 4) is 11.5 Å². The van der Waals surface area contributed by atoms with Crippen LogP contribution in [0.4, 0.5) is 10.1 Å². The summed E-state index contributed by atoms with van der Waals surface area (Å²) in [5, 5.41) is 5.67. The second-order valence-electron chi connectivity index (χ2n) is 7.18. The number of nitrogens with one attached hydrogen (secondary N) is 2. The summed E-state index contributed by atoms with van der Waals surface area (Å²) in [5.74, 6) is 0.560. The van der Waals surface area contributed by atoms with E-state index >= 15 is 0 Å². The van der Waals surface area contributed by atoms with Gasteiger partial charge in [0.1, 0.15) is 17.3 Å². The minimum atomic E-state index is -0.323. The average molecular weight is 399 g/mol. The van der Waals surface area contributed by atoms with Crippen LogP contribution >= 0.6 is 0 Å². The predicted molar refractivity (Wildman–Crippen MR) is 109 cm³/mol. The third-order valence-corrected chi connectivity index (χ3v) is 5.02. The molecule has 1 fully saturated rings. The van der Waals surface area contributed by atoms with Crippen LogP contribution in [0.25, 0.3) is 0 Å². The van der Waals surface area contributed by atoms with Crippen LogP contribution in [-0.2, 0) is 9.59 Å². The lowest BCUT2D eigenvalue weighted by molar-refractivity contribution is -0.130. The zero-order chi connectivity index (χ0) is 20.6. The van der Waals surface area contributed by atoms with E-state index in [4.69, 9.17) is 4.74 Å². The van der Waals surface area contributed by atoms with Gasteiger partial charge in [-0.2, -0.15) is 0 Å². The first kappa shape index (κ1) is 20.8. The number of carbonyl (C=O) groups excluding carboxylic acids is 2. The monoisotopic (exact) mass is 399 g/mol. The molecule has 0 heterocycles. The predicted octanol–water partition coefficient (Wildman–Crippen LogP) is 3.55. The van der Waals surface area contributed by atoms with E-state index in [2.05, 4.69) is 10.6 Å². The third kappa shape index (κ3) is 6.29. The largest absolute Gasteiger partial charge is 0.457 e. The summed E-state index contributed by atoms with van der Waals surface area (Å²) >= 11 is 0. The Balaban J connectivity index is 1.39. The van der Waals surface area contributed by atoms with Crippen LogP contribution in [0.2, 0.25) is 0 Å². The Labute approximate surface area is 170 Å². The second kappa shape index (κ2) is 10.0. The van der Waals surface area contributed by atoms with Crippen LogP contribution in [0.3, 0.4) is 0 Å². The summed E-state index contributed by atoms with van der Waals surface area (Å²) in [6, 6.07) is 12.9. The molecule has 0 atom stereocenters. The van der Waals surface area contributed by atoms with Crippen molar-refractivity contribution in [2.45, 2.75) is 31.7 Å². The molecule has 1 aliphatic rings. The van der Waals surface area contributed by atoms with Gasteiger partial charge in [0.05, 0.1) is 13.1 Å². The number of carbonyl (C=O) groups is 2. The summed E-state index contributed by atoms with van der Waals surface area (Å²) < 4.78 is 18.5. The molecule has 7 heteroatoms. The number of hydrogen-bond donors (Lipinski definition) is 2. The van der Waals surface area contributed by atoms with Crippen molar-refractivity contribution in [3.05, 3.63) is 54.3 Å². The molecule has 2 N–H and O–H groups in total. The van der Waals surface area contributed by atoms with Crippen molar-refractivity contribution in [3.63, 3.8) is 0 Å². The van der Waals surface area contributed by atoms with Gasteiger partial charge in [-0.25, -0.2) is 4.39 Å². The van der Waals surface area contributed by atoms with E-state index in [0.717, 1.165) is 12.8 Å². The fraction of sp³-hybridized carbons (Fsp3) is 0.364. The maximum atomic E-state index is 12.9. The van der Waals surface area contributed by atoms with Gasteiger partial charge in [-0.3, -0.25) is 14.9 Å². The maximum Gasteiger partial charge on any atom is 0.238 e. The molecule has 2 amide bonds. The molecule has 29 heavy (non-hydrogen) atoms. The lowest BCUT2D eigenvalue weighted by atomic mass is 10.2. The zero-order valence-corrected chi connectivity index (χ0v) is 16.5. The van der Waals surface area contributed by atoms with Gasteiger partial charge in [0.2, 0.25) is 11.8 Å². The molecule has 0 aromatic heterocycles. The first-order valence-corrected chi connectivity index (χ1v) is 9.81. The minimum absolute atomic E-state index is 0.00648. The Kier molecular flexibility index (Phi) is 7.19. The van der Waals surface area contributed by atoms with E-state index in [9.17, 15) is 14.0 Å². The summed E-state index contributed by atoms with van der Waals surface area (Å²) in [6.45, 7) is 0.197. The van der Waals surface area contributed by atoms with E-state index in [0.29, 0.717) is 23.2 Å². The molecule has 0 spiro atoms. The number of rotatable bonds is 8. The van der Waals surface area contributed by atoms with Gasteiger partial charge in [-0.1, -0.05) is 12.8 Å². The number of amides is 2. The average Bonchev–Trinajstić information content (AvgIpc) is 3.25. The van der Waals surface area contributed by atoms with E-state index in [1.807, 2.05) is 7.05 Å². The molecule has 0 radical (unpaired) electrons. The highest BCUT2D eigenvalue weighted by Gasteiger charge is 2.22. The molecule has 0 saturated heterocycles. The van der Waals surface area contributed by atoms with Gasteiger partial charge in [0.15, 0.2) is 0 Å². The molecule has 1 saturated carbocycles. The van der Waals surface area contributed by atoms with Crippen LogP contribution in [0.15, 0.2) is 48.5 Å². The normalized spacial score (nSPS) is 13.9. The molecule has 0 unspecified atom stereocenters. The Morgan fingerprint density at radius 3 is 2.21 bits per heavy atom. The Bertz CT molecular complexity index is 818. The molecule has 0 bridgehead atoms. The smallest absolute Gasteiger partial charge is 0.238 e. The van der Waals surface area contributed by atoms with Crippen LogP contribution < -0.4 is 15.4 Å². The van der Waals surface area contributed by atoms with Crippen molar-refractivity contribution in [1.82, 2.24) is 10.2 Å². The molecule has 2 aromatic carbocycles. The van der Waals surface area contributed by atoms with E-state index in [-0.39, 0.29) is 30.7 Å². The highest BCUT2D eigenvalue weighted by molar-refractivity contribution is 5.92. The zero-order valence-electron chi connectivity index (χ0n) is 16.5. The van der Waals surface area contributed by atoms with Gasteiger partial charge in [-0.15, -0.1) is 0 Å². The van der Waals surface area contributed by atoms with Crippen molar-refractivity contribution in [2.24, 2.45) is 0 Å². The number of hydrogen-bond acceptors (Lipinski definition) is 4. The van der Waals surface area contributed by atoms with Crippen molar-refractivity contribution >= 4 is 17.5 Å². The Hall–Kier alpha value is -2.93. The van der Waals surface area contributed by atoms with Gasteiger partial charge in [-0.05, 0) is 61.4 Å². The van der Waals surface area contributed by atoms with Crippen LogP contribution in [0.1, 0.15) is 25.7 Å². The molecule has 3 rings (SSSR count). The summed E-state index contributed by atoms with van der Waals surface area (Å²) in [5.41, 5.74) is 0.623. The quantitative estimate of drug-likeness (QED) is 0.712. The first-order chi connectivity index (χ1) is 14.0. The van der Waals surface area contributed by atoms with Gasteiger partial charge in [0.25, 0.3) is 0 Å². The van der Waals surface area contributed by atoms with E-state index in [1.165, 1.54) is 25.0 Å². The molecular weight excluding hydrogens is 373 g/mol. The number of anilines is 1. The fourth-order valence-electron chi connectivity index (χ4n) is 3.35. The molecule has 1 aliphatic carbocycles. The van der Waals surface area contributed by atoms with Gasteiger partial charge < -0.3 is 15.0 Å². The van der Waals surface area contributed by atoms with Crippen molar-refractivity contribution < 1.29 is 18.7 Å². The number of nitrogens with zero attached hydrogens (tertiary/aromatic N) is 1. The molecule has 0 aliphatic heterocycles. The van der Waals surface area contributed by atoms with Crippen molar-refractivity contribution in [2.75, 3.05) is 25.5 Å². The first-order valence-electron chi connectivity index (χ1n) is 9.81. The van der Waals surface area contributed by atoms with E-state index < -0.39 is 0 Å². The lowest BCUT2D eigenvalue weighted by Gasteiger charge is -2.24. The summed E-state index contributed by atoms with van der Waals surface area (Å²) in [7, 11) is 1.83. The SMILES string of the molecule is CN(C(=O)CNCC(=O)Nc1ccc(Oc2ccc(F)cc2)cc1)C1CCCC1. The standard InChI is InChI=1S/C22H26FN3O3/c1-26(18-4-2-3-5-18)22(28)15-24-14-21(27)25-17-8-12-20(13-9-17)29-19-10-6-16(23)7-11-19/h6-13,18,24H,2-5,14-15H2,1H3,(H,25,27). The molecular formula is C22H26FN3O3. The van der Waals surface area contributed by atoms with Crippen molar-refractivity contribution in [1.29, 1.82) is 0 Å². The van der Waals surface area contributed by atoms with Gasteiger partial charge >= 0.3 is 0 Å². The van der Waals surface area contributed by atoms with Crippen LogP contribution in [0.5, 0.6) is 11.5 Å². The Morgan fingerprint density at radius 1 is 1.00 bits per heavy atom. The second-order valence-corrected chi connectivity index (χ2v) is 7.18. The Morgan fingerprint density at radius 2 is 1.59 bits per heavy atom. The number of halogens is 1. The van der Waals surface area contributed by atoms with Gasteiger partial charge in [0, 0.05) is 18.8 Å². The summed E-state index contributed by atoms with van der Waals surface area (Å²) in [4.78, 5) is 26.0. The summed E-state index contributed by atoms with van der Waals surface area (Å²) in [6.07, 6.45) is 4.46. The molecule has 2 aromatic rings. The highest BCUT2D eigenvalue weighted by Crippen LogP contribution is 2.23.